The van der Waals surface area contributed by atoms with Crippen LogP contribution in [0.4, 0.5) is 0 Å². The average Bonchev–Trinajstić information content (AvgIpc) is 2.61. The third-order valence-electron chi connectivity index (χ3n) is 5.80. The van der Waals surface area contributed by atoms with Gasteiger partial charge in [0.05, 0.1) is 13.2 Å². The van der Waals surface area contributed by atoms with Crippen molar-refractivity contribution in [3.63, 3.8) is 0 Å². The molecule has 0 aromatic carbocycles. The average molecular weight is 266 g/mol. The lowest BCUT2D eigenvalue weighted by molar-refractivity contribution is -0.645. The number of carbonyl (C=O) groups excluding carboxylic acids is 1. The van der Waals surface area contributed by atoms with E-state index in [4.69, 9.17) is 4.74 Å². The van der Waals surface area contributed by atoms with Gasteiger partial charge in [0.1, 0.15) is 6.54 Å². The molecule has 0 heterocycles. The number of ether oxygens (including phenoxy) is 1. The maximum Gasteiger partial charge on any atom is 0.192 e. The predicted octanol–water partition coefficient (Wildman–Crippen LogP) is 1.37. The summed E-state index contributed by atoms with van der Waals surface area (Å²) in [5.41, 5.74) is 0.0799. The molecule has 0 spiro atoms. The summed E-state index contributed by atoms with van der Waals surface area (Å²) < 4.78 is 5.05. The van der Waals surface area contributed by atoms with Crippen LogP contribution in [0.5, 0.6) is 0 Å². The molecule has 2 unspecified atom stereocenters. The van der Waals surface area contributed by atoms with E-state index in [1.807, 2.05) is 0 Å². The first-order chi connectivity index (χ1) is 9.22. The molecule has 0 aliphatic heterocycles. The fourth-order valence-corrected chi connectivity index (χ4v) is 5.18. The molecule has 108 valence electrons. The van der Waals surface area contributed by atoms with Crippen LogP contribution < -0.4 is 5.32 Å². The second-order valence-electron chi connectivity index (χ2n) is 7.24. The molecule has 4 bridgehead atoms. The van der Waals surface area contributed by atoms with Crippen LogP contribution in [0, 0.1) is 23.2 Å². The van der Waals surface area contributed by atoms with Gasteiger partial charge in [-0.25, -0.2) is 0 Å². The second kappa shape index (κ2) is 5.53. The van der Waals surface area contributed by atoms with E-state index in [9.17, 15) is 4.79 Å². The van der Waals surface area contributed by atoms with E-state index in [-0.39, 0.29) is 5.41 Å². The van der Waals surface area contributed by atoms with E-state index < -0.39 is 0 Å². The van der Waals surface area contributed by atoms with E-state index in [1.54, 1.807) is 7.11 Å². The van der Waals surface area contributed by atoms with Crippen molar-refractivity contribution in [3.05, 3.63) is 0 Å². The van der Waals surface area contributed by atoms with E-state index >= 15 is 0 Å². The van der Waals surface area contributed by atoms with Crippen LogP contribution in [0.3, 0.4) is 0 Å². The van der Waals surface area contributed by atoms with Crippen LogP contribution in [-0.4, -0.2) is 32.6 Å². The molecule has 0 aromatic heterocycles. The molecule has 0 radical (unpaired) electrons. The van der Waals surface area contributed by atoms with E-state index in [0.717, 1.165) is 30.9 Å². The van der Waals surface area contributed by atoms with E-state index in [0.29, 0.717) is 12.3 Å². The molecule has 3 heteroatoms. The molecular weight excluding hydrogens is 238 g/mol. The number of hydrogen-bond acceptors (Lipinski definition) is 2. The van der Waals surface area contributed by atoms with Crippen LogP contribution in [0.1, 0.15) is 44.9 Å². The van der Waals surface area contributed by atoms with Crippen LogP contribution >= 0.6 is 0 Å². The molecule has 0 saturated heterocycles. The van der Waals surface area contributed by atoms with Crippen molar-refractivity contribution in [2.75, 3.05) is 26.8 Å². The Bertz CT molecular complexity index is 326. The van der Waals surface area contributed by atoms with Gasteiger partial charge in [-0.15, -0.1) is 0 Å². The Morgan fingerprint density at radius 1 is 1.16 bits per heavy atom. The van der Waals surface area contributed by atoms with E-state index in [2.05, 4.69) is 5.32 Å². The first-order valence-corrected chi connectivity index (χ1v) is 8.06. The molecule has 4 rings (SSSR count). The Hall–Kier alpha value is -0.410. The number of rotatable bonds is 6. The van der Waals surface area contributed by atoms with Gasteiger partial charge in [0, 0.05) is 12.5 Å². The van der Waals surface area contributed by atoms with Gasteiger partial charge >= 0.3 is 0 Å². The third-order valence-corrected chi connectivity index (χ3v) is 5.80. The van der Waals surface area contributed by atoms with Gasteiger partial charge in [-0.2, -0.15) is 0 Å². The highest BCUT2D eigenvalue weighted by atomic mass is 16.5. The van der Waals surface area contributed by atoms with Gasteiger partial charge in [0.2, 0.25) is 0 Å². The molecule has 3 nitrogen and oxygen atoms in total. The molecule has 4 fully saturated rings. The van der Waals surface area contributed by atoms with Gasteiger partial charge < -0.3 is 10.1 Å². The summed E-state index contributed by atoms with van der Waals surface area (Å²) in [6.07, 6.45) is 9.23. The molecule has 19 heavy (non-hydrogen) atoms. The Morgan fingerprint density at radius 3 is 2.42 bits per heavy atom. The minimum Gasteiger partial charge on any atom is -0.379 e. The van der Waals surface area contributed by atoms with Crippen molar-refractivity contribution in [2.24, 2.45) is 23.2 Å². The number of hydrogen-bond donors (Lipinski definition) is 1. The fourth-order valence-electron chi connectivity index (χ4n) is 5.18. The number of fused-ring (bicyclic) bond motifs is 1. The quantitative estimate of drug-likeness (QED) is 0.738. The highest BCUT2D eigenvalue weighted by Crippen LogP contribution is 2.57. The molecule has 2 N–H and O–H groups in total. The minimum atomic E-state index is 0.0799. The highest BCUT2D eigenvalue weighted by molar-refractivity contribution is 5.86. The summed E-state index contributed by atoms with van der Waals surface area (Å²) in [5.74, 6) is 3.12. The van der Waals surface area contributed by atoms with Crippen LogP contribution in [0.25, 0.3) is 0 Å². The lowest BCUT2D eigenvalue weighted by Crippen LogP contribution is -2.87. The standard InChI is InChI=1S/C16H27NO2/c1-19-5-4-17-11-15(18)16-8-12-2-3-13(9-16)7-14(6-12)10-16/h12-14,17H,2-11H2,1H3/p+1/t12-,13+,14?,16?. The number of methoxy groups -OCH3 is 1. The molecule has 0 aromatic rings. The monoisotopic (exact) mass is 266 g/mol. The lowest BCUT2D eigenvalue weighted by Gasteiger charge is -2.46. The normalized spacial score (nSPS) is 40.4. The summed E-state index contributed by atoms with van der Waals surface area (Å²) in [6.45, 7) is 2.33. The minimum absolute atomic E-state index is 0.0799. The largest absolute Gasteiger partial charge is 0.379 e. The summed E-state index contributed by atoms with van der Waals surface area (Å²) in [4.78, 5) is 12.7. The Labute approximate surface area is 116 Å². The molecule has 4 atom stereocenters. The van der Waals surface area contributed by atoms with Crippen molar-refractivity contribution in [2.45, 2.75) is 44.9 Å². The van der Waals surface area contributed by atoms with Gasteiger partial charge in [-0.3, -0.25) is 4.79 Å². The SMILES string of the molecule is COCC[NH2+]CC(=O)C12CC3C[C@@H](CC[C@@H](C3)C1)C2. The van der Waals surface area contributed by atoms with Gasteiger partial charge in [0.15, 0.2) is 5.78 Å². The summed E-state index contributed by atoms with van der Waals surface area (Å²) in [7, 11) is 1.72. The zero-order valence-corrected chi connectivity index (χ0v) is 12.2. The van der Waals surface area contributed by atoms with Crippen molar-refractivity contribution in [1.82, 2.24) is 0 Å². The first kappa shape index (κ1) is 13.6. The number of ketones is 1. The summed E-state index contributed by atoms with van der Waals surface area (Å²) >= 11 is 0. The molecule has 4 aliphatic rings. The lowest BCUT2D eigenvalue weighted by atomic mass is 9.57. The van der Waals surface area contributed by atoms with Crippen LogP contribution in [0.2, 0.25) is 0 Å². The smallest absolute Gasteiger partial charge is 0.192 e. The Balaban J connectivity index is 1.63. The topological polar surface area (TPSA) is 42.9 Å². The predicted molar refractivity (Wildman–Crippen MR) is 73.8 cm³/mol. The van der Waals surface area contributed by atoms with Gasteiger partial charge in [-0.1, -0.05) is 12.8 Å². The molecular formula is C16H28NO2+. The zero-order chi connectivity index (χ0) is 13.3. The molecule has 0 amide bonds. The summed E-state index contributed by atoms with van der Waals surface area (Å²) in [5, 5.41) is 2.14. The van der Waals surface area contributed by atoms with Crippen LogP contribution in [0.15, 0.2) is 0 Å². The summed E-state index contributed by atoms with van der Waals surface area (Å²) in [6, 6.07) is 0. The maximum atomic E-state index is 12.7. The maximum absolute atomic E-state index is 12.7. The number of Topliss-reactive ketones (excluding diaryl/α,β-unsaturated/α-hetero) is 1. The van der Waals surface area contributed by atoms with Crippen molar-refractivity contribution in [1.29, 1.82) is 0 Å². The zero-order valence-electron chi connectivity index (χ0n) is 12.2. The first-order valence-electron chi connectivity index (χ1n) is 8.06. The van der Waals surface area contributed by atoms with Crippen molar-refractivity contribution in [3.8, 4) is 0 Å². The van der Waals surface area contributed by atoms with Gasteiger partial charge in [-0.05, 0) is 49.9 Å². The molecule has 4 aliphatic carbocycles. The Kier molecular flexibility index (Phi) is 3.95. The third kappa shape index (κ3) is 2.73. The highest BCUT2D eigenvalue weighted by Gasteiger charge is 2.52. The second-order valence-corrected chi connectivity index (χ2v) is 7.24. The van der Waals surface area contributed by atoms with Crippen molar-refractivity contribution < 1.29 is 14.8 Å². The fraction of sp³-hybridized carbons (Fsp3) is 0.938. The Morgan fingerprint density at radius 2 is 1.79 bits per heavy atom. The van der Waals surface area contributed by atoms with Crippen molar-refractivity contribution >= 4 is 5.78 Å². The van der Waals surface area contributed by atoms with Crippen LogP contribution in [-0.2, 0) is 9.53 Å². The molecule has 4 saturated carbocycles. The van der Waals surface area contributed by atoms with Gasteiger partial charge in [0.25, 0.3) is 0 Å². The number of nitrogens with two attached hydrogens (primary N) is 1. The number of quaternary nitrogens is 1. The number of carbonyl (C=O) groups is 1. The van der Waals surface area contributed by atoms with E-state index in [1.165, 1.54) is 44.9 Å².